The number of hydrogen-bond donors (Lipinski definition) is 0. The quantitative estimate of drug-likeness (QED) is 0.515. The number of rotatable bonds is 2. The van der Waals surface area contributed by atoms with Crippen LogP contribution in [0.4, 0.5) is 0 Å². The van der Waals surface area contributed by atoms with Crippen LogP contribution in [0.2, 0.25) is 0 Å². The van der Waals surface area contributed by atoms with E-state index in [4.69, 9.17) is 0 Å². The minimum atomic E-state index is 0.486. The van der Waals surface area contributed by atoms with E-state index < -0.39 is 0 Å². The molecule has 46 valence electrons. The van der Waals surface area contributed by atoms with Crippen molar-refractivity contribution in [2.75, 3.05) is 6.26 Å². The summed E-state index contributed by atoms with van der Waals surface area (Å²) in [4.78, 5) is 0. The summed E-state index contributed by atoms with van der Waals surface area (Å²) in [6.45, 7) is 3.80. The van der Waals surface area contributed by atoms with Crippen molar-refractivity contribution in [3.8, 4) is 0 Å². The Labute approximate surface area is 55.4 Å². The molecule has 0 atom stereocenters. The van der Waals surface area contributed by atoms with Crippen molar-refractivity contribution in [2.24, 2.45) is 0 Å². The van der Waals surface area contributed by atoms with Gasteiger partial charge in [0.25, 0.3) is 0 Å². The van der Waals surface area contributed by atoms with Gasteiger partial charge in [0.2, 0.25) is 0 Å². The summed E-state index contributed by atoms with van der Waals surface area (Å²) in [5.41, 5.74) is 0. The van der Waals surface area contributed by atoms with Crippen molar-refractivity contribution < 1.29 is 0 Å². The van der Waals surface area contributed by atoms with Crippen LogP contribution in [0.3, 0.4) is 0 Å². The van der Waals surface area contributed by atoms with Crippen LogP contribution >= 0.6 is 11.8 Å². The topological polar surface area (TPSA) is 0 Å². The van der Waals surface area contributed by atoms with E-state index >= 15 is 0 Å². The second-order valence-corrected chi connectivity index (χ2v) is 3.55. The van der Waals surface area contributed by atoms with Gasteiger partial charge in [-0.05, 0) is 19.1 Å². The van der Waals surface area contributed by atoms with Crippen molar-refractivity contribution >= 4 is 11.8 Å². The zero-order valence-electron chi connectivity index (χ0n) is 5.31. The molecule has 0 aromatic rings. The number of thioether (sulfide) groups is 1. The average molecular weight is 128 g/mol. The molecule has 0 heterocycles. The summed E-state index contributed by atoms with van der Waals surface area (Å²) in [6.07, 6.45) is 8.35. The fourth-order valence-electron chi connectivity index (χ4n) is 1.02. The Morgan fingerprint density at radius 3 is 2.25 bits per heavy atom. The molecule has 1 aliphatic carbocycles. The van der Waals surface area contributed by atoms with Crippen LogP contribution in [0, 0.1) is 0 Å². The Kier molecular flexibility index (Phi) is 1.66. The molecular formula is C7H12S. The Bertz CT molecular complexity index is 87.1. The standard InChI is InChI=1S/C7H12S/c1-3-7(8-2)5-4-6-7/h3H,1,4-6H2,2H3. The minimum absolute atomic E-state index is 0.486. The molecule has 0 radical (unpaired) electrons. The van der Waals surface area contributed by atoms with E-state index in [0.717, 1.165) is 0 Å². The molecule has 0 amide bonds. The second-order valence-electron chi connectivity index (χ2n) is 2.33. The third kappa shape index (κ3) is 0.795. The van der Waals surface area contributed by atoms with Crippen molar-refractivity contribution in [3.05, 3.63) is 12.7 Å². The fourth-order valence-corrected chi connectivity index (χ4v) is 1.88. The molecule has 0 saturated heterocycles. The lowest BCUT2D eigenvalue weighted by Gasteiger charge is -2.37. The molecule has 1 heteroatoms. The minimum Gasteiger partial charge on any atom is -0.154 e. The smallest absolute Gasteiger partial charge is 0.0333 e. The van der Waals surface area contributed by atoms with Gasteiger partial charge in [-0.15, -0.1) is 6.58 Å². The van der Waals surface area contributed by atoms with E-state index in [9.17, 15) is 0 Å². The average Bonchev–Trinajstić information content (AvgIpc) is 1.67. The first-order valence-electron chi connectivity index (χ1n) is 3.02. The van der Waals surface area contributed by atoms with Crippen molar-refractivity contribution in [2.45, 2.75) is 24.0 Å². The molecule has 0 aromatic carbocycles. The van der Waals surface area contributed by atoms with E-state index in [1.54, 1.807) is 0 Å². The summed E-state index contributed by atoms with van der Waals surface area (Å²) >= 11 is 1.94. The van der Waals surface area contributed by atoms with Gasteiger partial charge < -0.3 is 0 Å². The maximum Gasteiger partial charge on any atom is 0.0333 e. The lowest BCUT2D eigenvalue weighted by Crippen LogP contribution is -2.29. The zero-order chi connectivity index (χ0) is 6.04. The lowest BCUT2D eigenvalue weighted by molar-refractivity contribution is 0.433. The van der Waals surface area contributed by atoms with Crippen LogP contribution < -0.4 is 0 Å². The highest BCUT2D eigenvalue weighted by Crippen LogP contribution is 2.43. The molecule has 0 spiro atoms. The molecule has 1 rings (SSSR count). The molecule has 0 bridgehead atoms. The van der Waals surface area contributed by atoms with Crippen molar-refractivity contribution in [3.63, 3.8) is 0 Å². The van der Waals surface area contributed by atoms with Gasteiger partial charge in [-0.1, -0.05) is 12.5 Å². The van der Waals surface area contributed by atoms with Gasteiger partial charge >= 0.3 is 0 Å². The molecule has 1 aliphatic rings. The molecule has 0 nitrogen and oxygen atoms in total. The van der Waals surface area contributed by atoms with Gasteiger partial charge in [-0.2, -0.15) is 11.8 Å². The fraction of sp³-hybridized carbons (Fsp3) is 0.714. The van der Waals surface area contributed by atoms with Gasteiger partial charge in [0.05, 0.1) is 0 Å². The van der Waals surface area contributed by atoms with Gasteiger partial charge in [0.1, 0.15) is 0 Å². The number of hydrogen-bond acceptors (Lipinski definition) is 1. The zero-order valence-corrected chi connectivity index (χ0v) is 6.13. The van der Waals surface area contributed by atoms with Crippen LogP contribution in [0.1, 0.15) is 19.3 Å². The summed E-state index contributed by atoms with van der Waals surface area (Å²) in [5.74, 6) is 0. The van der Waals surface area contributed by atoms with Gasteiger partial charge in [-0.3, -0.25) is 0 Å². The third-order valence-electron chi connectivity index (χ3n) is 1.98. The molecule has 1 saturated carbocycles. The highest BCUT2D eigenvalue weighted by Gasteiger charge is 2.32. The van der Waals surface area contributed by atoms with Crippen LogP contribution in [-0.4, -0.2) is 11.0 Å². The first-order valence-corrected chi connectivity index (χ1v) is 4.24. The Balaban J connectivity index is 2.45. The largest absolute Gasteiger partial charge is 0.154 e. The maximum absolute atomic E-state index is 3.80. The SMILES string of the molecule is C=CC1(SC)CCC1. The van der Waals surface area contributed by atoms with Gasteiger partial charge in [0.15, 0.2) is 0 Å². The molecule has 0 N–H and O–H groups in total. The third-order valence-corrected chi connectivity index (χ3v) is 3.37. The lowest BCUT2D eigenvalue weighted by atomic mass is 9.84. The molecule has 1 fully saturated rings. The first-order chi connectivity index (χ1) is 3.83. The van der Waals surface area contributed by atoms with Crippen LogP contribution in [0.15, 0.2) is 12.7 Å². The van der Waals surface area contributed by atoms with Crippen LogP contribution in [0.25, 0.3) is 0 Å². The summed E-state index contributed by atoms with van der Waals surface area (Å²) < 4.78 is 0.486. The van der Waals surface area contributed by atoms with E-state index in [-0.39, 0.29) is 0 Å². The Hall–Kier alpha value is 0.0900. The molecule has 0 aromatic heterocycles. The van der Waals surface area contributed by atoms with E-state index in [1.807, 2.05) is 11.8 Å². The predicted molar refractivity (Wildman–Crippen MR) is 40.3 cm³/mol. The molecule has 8 heavy (non-hydrogen) atoms. The second kappa shape index (κ2) is 2.14. The first kappa shape index (κ1) is 6.21. The molecule has 0 aliphatic heterocycles. The van der Waals surface area contributed by atoms with E-state index in [0.29, 0.717) is 4.75 Å². The molecule has 0 unspecified atom stereocenters. The normalized spacial score (nSPS) is 24.1. The highest BCUT2D eigenvalue weighted by molar-refractivity contribution is 8.00. The van der Waals surface area contributed by atoms with Gasteiger partial charge in [0, 0.05) is 4.75 Å². The van der Waals surface area contributed by atoms with Crippen LogP contribution in [-0.2, 0) is 0 Å². The van der Waals surface area contributed by atoms with E-state index in [2.05, 4.69) is 18.9 Å². The predicted octanol–water partition coefficient (Wildman–Crippen LogP) is 2.46. The highest BCUT2D eigenvalue weighted by atomic mass is 32.2. The van der Waals surface area contributed by atoms with E-state index in [1.165, 1.54) is 19.3 Å². The van der Waals surface area contributed by atoms with Crippen LogP contribution in [0.5, 0.6) is 0 Å². The van der Waals surface area contributed by atoms with Crippen molar-refractivity contribution in [1.82, 2.24) is 0 Å². The van der Waals surface area contributed by atoms with Gasteiger partial charge in [-0.25, -0.2) is 0 Å². The monoisotopic (exact) mass is 128 g/mol. The molecular weight excluding hydrogens is 116 g/mol. The Morgan fingerprint density at radius 2 is 2.25 bits per heavy atom. The Morgan fingerprint density at radius 1 is 1.62 bits per heavy atom. The summed E-state index contributed by atoms with van der Waals surface area (Å²) in [6, 6.07) is 0. The summed E-state index contributed by atoms with van der Waals surface area (Å²) in [7, 11) is 0. The maximum atomic E-state index is 3.80. The van der Waals surface area contributed by atoms with Crippen molar-refractivity contribution in [1.29, 1.82) is 0 Å². The summed E-state index contributed by atoms with van der Waals surface area (Å²) in [5, 5.41) is 0.